The summed E-state index contributed by atoms with van der Waals surface area (Å²) in [4.78, 5) is 34.1. The number of unbranched alkanes of at least 4 members (excludes halogenated alkanes) is 17. The van der Waals surface area contributed by atoms with Crippen LogP contribution in [0.2, 0.25) is 0 Å². The maximum absolute atomic E-state index is 11.9. The van der Waals surface area contributed by atoms with Gasteiger partial charge in [0.2, 0.25) is 6.29 Å². The lowest BCUT2D eigenvalue weighted by molar-refractivity contribution is -0.184. The molecule has 0 saturated heterocycles. The quantitative estimate of drug-likeness (QED) is 0.0799. The van der Waals surface area contributed by atoms with Gasteiger partial charge >= 0.3 is 17.9 Å². The molecule has 0 rings (SSSR count). The Morgan fingerprint density at radius 3 is 1.15 bits per heavy atom. The molecule has 0 spiro atoms. The largest absolute Gasteiger partial charge is 0.481 e. The Hall–Kier alpha value is -1.59. The van der Waals surface area contributed by atoms with Crippen LogP contribution in [0.25, 0.3) is 0 Å². The molecule has 200 valence electrons. The van der Waals surface area contributed by atoms with E-state index < -0.39 is 12.3 Å². The highest BCUT2D eigenvalue weighted by Crippen LogP contribution is 2.14. The second kappa shape index (κ2) is 24.5. The summed E-state index contributed by atoms with van der Waals surface area (Å²) in [5.41, 5.74) is 0. The zero-order valence-electron chi connectivity index (χ0n) is 22.1. The van der Waals surface area contributed by atoms with E-state index in [0.29, 0.717) is 19.3 Å². The number of esters is 2. The summed E-state index contributed by atoms with van der Waals surface area (Å²) >= 11 is 0. The third-order valence-corrected chi connectivity index (χ3v) is 6.10. The predicted molar refractivity (Wildman–Crippen MR) is 137 cm³/mol. The molecule has 1 N–H and O–H groups in total. The van der Waals surface area contributed by atoms with E-state index in [1.54, 1.807) is 6.92 Å². The van der Waals surface area contributed by atoms with Gasteiger partial charge in [-0.3, -0.25) is 14.4 Å². The first kappa shape index (κ1) is 32.4. The molecule has 0 radical (unpaired) electrons. The minimum atomic E-state index is -0.858. The normalized spacial score (nSPS) is 11.8. The summed E-state index contributed by atoms with van der Waals surface area (Å²) in [6, 6.07) is 0. The number of rotatable bonds is 25. The molecule has 6 nitrogen and oxygen atoms in total. The van der Waals surface area contributed by atoms with Crippen molar-refractivity contribution >= 4 is 17.9 Å². The lowest BCUT2D eigenvalue weighted by atomic mass is 10.0. The Morgan fingerprint density at radius 2 is 0.824 bits per heavy atom. The lowest BCUT2D eigenvalue weighted by Gasteiger charge is -2.14. The number of hydrogen-bond acceptors (Lipinski definition) is 5. The minimum Gasteiger partial charge on any atom is -0.481 e. The minimum absolute atomic E-state index is 0.163. The highest BCUT2D eigenvalue weighted by Gasteiger charge is 2.13. The molecule has 0 amide bonds. The lowest BCUT2D eigenvalue weighted by Crippen LogP contribution is -2.21. The van der Waals surface area contributed by atoms with Gasteiger partial charge in [0.15, 0.2) is 0 Å². The SMILES string of the molecule is CCCCCCCCCCCCCCCCCC(=O)OC(C)OC(=O)CCCCCCC(=O)O. The number of carbonyl (C=O) groups excluding carboxylic acids is 2. The van der Waals surface area contributed by atoms with Gasteiger partial charge in [0.05, 0.1) is 0 Å². The molecule has 6 heteroatoms. The molecule has 0 aromatic carbocycles. The van der Waals surface area contributed by atoms with Gasteiger partial charge in [0.25, 0.3) is 0 Å². The number of aliphatic carboxylic acids is 1. The first-order chi connectivity index (χ1) is 16.5. The standard InChI is InChI=1S/C28H52O6/c1-3-4-5-6-7-8-9-10-11-12-13-14-15-16-20-23-27(31)33-25(2)34-28(32)24-21-18-17-19-22-26(29)30/h25H,3-24H2,1-2H3,(H,29,30). The molecular formula is C28H52O6. The van der Waals surface area contributed by atoms with Gasteiger partial charge in [0.1, 0.15) is 0 Å². The highest BCUT2D eigenvalue weighted by molar-refractivity contribution is 5.71. The maximum atomic E-state index is 11.9. The molecule has 0 aromatic rings. The maximum Gasteiger partial charge on any atom is 0.308 e. The monoisotopic (exact) mass is 484 g/mol. The fourth-order valence-corrected chi connectivity index (χ4v) is 4.05. The van der Waals surface area contributed by atoms with Gasteiger partial charge in [-0.2, -0.15) is 0 Å². The van der Waals surface area contributed by atoms with Crippen LogP contribution >= 0.6 is 0 Å². The molecule has 0 aliphatic carbocycles. The van der Waals surface area contributed by atoms with Gasteiger partial charge in [-0.1, -0.05) is 110 Å². The third kappa shape index (κ3) is 25.0. The molecule has 0 aliphatic heterocycles. The van der Waals surface area contributed by atoms with Crippen molar-refractivity contribution < 1.29 is 29.0 Å². The number of carboxylic acids is 1. The van der Waals surface area contributed by atoms with Gasteiger partial charge in [-0.15, -0.1) is 0 Å². The van der Waals surface area contributed by atoms with Crippen molar-refractivity contribution in [3.05, 3.63) is 0 Å². The van der Waals surface area contributed by atoms with E-state index in [-0.39, 0.29) is 24.8 Å². The fraction of sp³-hybridized carbons (Fsp3) is 0.893. The predicted octanol–water partition coefficient (Wildman–Crippen LogP) is 8.11. The zero-order chi connectivity index (χ0) is 25.3. The number of ether oxygens (including phenoxy) is 2. The summed E-state index contributed by atoms with van der Waals surface area (Å²) in [6.45, 7) is 3.83. The van der Waals surface area contributed by atoms with Crippen LogP contribution in [0.1, 0.15) is 155 Å². The van der Waals surface area contributed by atoms with Gasteiger partial charge < -0.3 is 14.6 Å². The van der Waals surface area contributed by atoms with Crippen molar-refractivity contribution in [2.75, 3.05) is 0 Å². The molecule has 0 aromatic heterocycles. The van der Waals surface area contributed by atoms with Crippen LogP contribution in [-0.4, -0.2) is 29.3 Å². The van der Waals surface area contributed by atoms with E-state index in [1.807, 2.05) is 0 Å². The van der Waals surface area contributed by atoms with E-state index in [1.165, 1.54) is 77.0 Å². The van der Waals surface area contributed by atoms with Crippen LogP contribution in [0.5, 0.6) is 0 Å². The van der Waals surface area contributed by atoms with Crippen molar-refractivity contribution in [3.8, 4) is 0 Å². The Bertz CT molecular complexity index is 505. The molecule has 1 atom stereocenters. The van der Waals surface area contributed by atoms with E-state index in [9.17, 15) is 14.4 Å². The van der Waals surface area contributed by atoms with Crippen molar-refractivity contribution in [1.82, 2.24) is 0 Å². The Kier molecular flexibility index (Phi) is 23.4. The smallest absolute Gasteiger partial charge is 0.308 e. The van der Waals surface area contributed by atoms with Crippen molar-refractivity contribution in [3.63, 3.8) is 0 Å². The summed E-state index contributed by atoms with van der Waals surface area (Å²) < 4.78 is 10.3. The molecule has 0 heterocycles. The fourth-order valence-electron chi connectivity index (χ4n) is 4.05. The first-order valence-corrected chi connectivity index (χ1v) is 14.1. The van der Waals surface area contributed by atoms with Crippen LogP contribution in [0.3, 0.4) is 0 Å². The van der Waals surface area contributed by atoms with Crippen LogP contribution in [0.15, 0.2) is 0 Å². The topological polar surface area (TPSA) is 89.9 Å². The second-order valence-corrected chi connectivity index (χ2v) is 9.56. The number of hydrogen-bond donors (Lipinski definition) is 1. The van der Waals surface area contributed by atoms with Gasteiger partial charge in [-0.25, -0.2) is 0 Å². The summed E-state index contributed by atoms with van der Waals surface area (Å²) in [5.74, 6) is -1.49. The van der Waals surface area contributed by atoms with Crippen molar-refractivity contribution in [1.29, 1.82) is 0 Å². The third-order valence-electron chi connectivity index (χ3n) is 6.10. The van der Waals surface area contributed by atoms with Crippen LogP contribution in [0.4, 0.5) is 0 Å². The average molecular weight is 485 g/mol. The average Bonchev–Trinajstić information content (AvgIpc) is 2.78. The van der Waals surface area contributed by atoms with Crippen LogP contribution in [-0.2, 0) is 23.9 Å². The van der Waals surface area contributed by atoms with Crippen LogP contribution in [0, 0.1) is 0 Å². The van der Waals surface area contributed by atoms with Crippen molar-refractivity contribution in [2.24, 2.45) is 0 Å². The summed E-state index contributed by atoms with van der Waals surface area (Å²) in [5, 5.41) is 8.58. The second-order valence-electron chi connectivity index (χ2n) is 9.56. The molecule has 0 aliphatic rings. The van der Waals surface area contributed by atoms with Gasteiger partial charge in [0, 0.05) is 26.2 Å². The molecule has 34 heavy (non-hydrogen) atoms. The molecule has 1 unspecified atom stereocenters. The molecule has 0 saturated carbocycles. The Morgan fingerprint density at radius 1 is 0.529 bits per heavy atom. The molecule has 0 fully saturated rings. The summed E-state index contributed by atoms with van der Waals surface area (Å²) in [7, 11) is 0. The van der Waals surface area contributed by atoms with Crippen molar-refractivity contribution in [2.45, 2.75) is 161 Å². The zero-order valence-corrected chi connectivity index (χ0v) is 22.1. The van der Waals surface area contributed by atoms with E-state index >= 15 is 0 Å². The highest BCUT2D eigenvalue weighted by atomic mass is 16.7. The van der Waals surface area contributed by atoms with E-state index in [2.05, 4.69) is 6.92 Å². The molecule has 0 bridgehead atoms. The Labute approximate surface area is 208 Å². The van der Waals surface area contributed by atoms with E-state index in [4.69, 9.17) is 14.6 Å². The number of carboxylic acid groups (broad SMARTS) is 1. The number of carbonyl (C=O) groups is 3. The summed E-state index contributed by atoms with van der Waals surface area (Å²) in [6.07, 6.45) is 22.0. The molecular weight excluding hydrogens is 432 g/mol. The van der Waals surface area contributed by atoms with Crippen LogP contribution < -0.4 is 0 Å². The van der Waals surface area contributed by atoms with E-state index in [0.717, 1.165) is 32.1 Å². The first-order valence-electron chi connectivity index (χ1n) is 14.1. The Balaban J connectivity index is 3.43. The van der Waals surface area contributed by atoms with Gasteiger partial charge in [-0.05, 0) is 19.3 Å².